The summed E-state index contributed by atoms with van der Waals surface area (Å²) in [7, 11) is 0. The fourth-order valence-corrected chi connectivity index (χ4v) is 1.72. The fourth-order valence-electron chi connectivity index (χ4n) is 1.36. The molecule has 3 nitrogen and oxygen atoms in total. The standard InChI is InChI=1S/C11H15BrFNO2/c1-6(15)5-14-7(2)8-3-9(12)10(13)4-11(8)16/h3-4,6-7,14-16H,5H2,1-2H3. The average Bonchev–Trinajstić information content (AvgIpc) is 2.20. The zero-order chi connectivity index (χ0) is 12.3. The van der Waals surface area contributed by atoms with Gasteiger partial charge in [0, 0.05) is 24.2 Å². The third kappa shape index (κ3) is 3.43. The van der Waals surface area contributed by atoms with Crippen LogP contribution in [0.4, 0.5) is 4.39 Å². The van der Waals surface area contributed by atoms with Gasteiger partial charge >= 0.3 is 0 Å². The molecule has 5 heteroatoms. The van der Waals surface area contributed by atoms with Crippen LogP contribution in [0.1, 0.15) is 25.5 Å². The molecule has 0 bridgehead atoms. The monoisotopic (exact) mass is 291 g/mol. The van der Waals surface area contributed by atoms with Crippen molar-refractivity contribution in [2.75, 3.05) is 6.54 Å². The zero-order valence-corrected chi connectivity index (χ0v) is 10.8. The van der Waals surface area contributed by atoms with Crippen molar-refractivity contribution in [3.8, 4) is 5.75 Å². The number of halogens is 2. The smallest absolute Gasteiger partial charge is 0.141 e. The molecule has 3 N–H and O–H groups in total. The van der Waals surface area contributed by atoms with Gasteiger partial charge in [-0.25, -0.2) is 4.39 Å². The van der Waals surface area contributed by atoms with Gasteiger partial charge in [-0.2, -0.15) is 0 Å². The highest BCUT2D eigenvalue weighted by molar-refractivity contribution is 9.10. The van der Waals surface area contributed by atoms with Crippen molar-refractivity contribution in [2.24, 2.45) is 0 Å². The van der Waals surface area contributed by atoms with Gasteiger partial charge in [-0.15, -0.1) is 0 Å². The van der Waals surface area contributed by atoms with E-state index in [1.54, 1.807) is 6.92 Å². The molecule has 0 radical (unpaired) electrons. The summed E-state index contributed by atoms with van der Waals surface area (Å²) in [5.74, 6) is -0.588. The van der Waals surface area contributed by atoms with E-state index in [1.165, 1.54) is 6.07 Å². The van der Waals surface area contributed by atoms with E-state index in [4.69, 9.17) is 5.11 Å². The molecule has 0 saturated carbocycles. The SMILES string of the molecule is CC(O)CNC(C)c1cc(Br)c(F)cc1O. The van der Waals surface area contributed by atoms with Crippen LogP contribution in [0.3, 0.4) is 0 Å². The predicted molar refractivity (Wildman–Crippen MR) is 63.9 cm³/mol. The van der Waals surface area contributed by atoms with Crippen LogP contribution in [0.15, 0.2) is 16.6 Å². The maximum absolute atomic E-state index is 13.1. The number of aromatic hydroxyl groups is 1. The lowest BCUT2D eigenvalue weighted by atomic mass is 10.1. The summed E-state index contributed by atoms with van der Waals surface area (Å²) < 4.78 is 13.4. The summed E-state index contributed by atoms with van der Waals surface area (Å²) >= 11 is 3.07. The Morgan fingerprint density at radius 1 is 1.44 bits per heavy atom. The highest BCUT2D eigenvalue weighted by atomic mass is 79.9. The molecule has 16 heavy (non-hydrogen) atoms. The topological polar surface area (TPSA) is 52.5 Å². The minimum absolute atomic E-state index is 0.0914. The number of phenols is 1. The van der Waals surface area contributed by atoms with Crippen molar-refractivity contribution in [3.05, 3.63) is 28.0 Å². The Morgan fingerprint density at radius 3 is 2.62 bits per heavy atom. The lowest BCUT2D eigenvalue weighted by molar-refractivity contribution is 0.187. The van der Waals surface area contributed by atoms with Gasteiger partial charge in [-0.3, -0.25) is 0 Å². The first-order valence-corrected chi connectivity index (χ1v) is 5.80. The van der Waals surface area contributed by atoms with E-state index in [2.05, 4.69) is 21.2 Å². The van der Waals surface area contributed by atoms with Crippen molar-refractivity contribution < 1.29 is 14.6 Å². The first-order chi connectivity index (χ1) is 7.41. The molecular weight excluding hydrogens is 277 g/mol. The summed E-state index contributed by atoms with van der Waals surface area (Å²) in [6.45, 7) is 3.91. The molecule has 1 aromatic carbocycles. The van der Waals surface area contributed by atoms with Gasteiger partial charge in [0.15, 0.2) is 0 Å². The lowest BCUT2D eigenvalue weighted by Gasteiger charge is -2.17. The molecule has 2 atom stereocenters. The number of benzene rings is 1. The van der Waals surface area contributed by atoms with E-state index in [-0.39, 0.29) is 11.8 Å². The van der Waals surface area contributed by atoms with Crippen molar-refractivity contribution >= 4 is 15.9 Å². The van der Waals surface area contributed by atoms with E-state index < -0.39 is 11.9 Å². The van der Waals surface area contributed by atoms with Crippen molar-refractivity contribution in [1.29, 1.82) is 0 Å². The molecule has 1 rings (SSSR count). The second-order valence-electron chi connectivity index (χ2n) is 3.80. The van der Waals surface area contributed by atoms with Crippen molar-refractivity contribution in [3.63, 3.8) is 0 Å². The van der Waals surface area contributed by atoms with Crippen LogP contribution >= 0.6 is 15.9 Å². The molecule has 2 unspecified atom stereocenters. The summed E-state index contributed by atoms with van der Waals surface area (Å²) in [5, 5.41) is 21.7. The molecule has 0 spiro atoms. The quantitative estimate of drug-likeness (QED) is 0.798. The van der Waals surface area contributed by atoms with Crippen LogP contribution < -0.4 is 5.32 Å². The van der Waals surface area contributed by atoms with Gasteiger partial charge in [0.2, 0.25) is 0 Å². The minimum Gasteiger partial charge on any atom is -0.508 e. The molecule has 90 valence electrons. The minimum atomic E-state index is -0.496. The number of rotatable bonds is 4. The summed E-state index contributed by atoms with van der Waals surface area (Å²) in [4.78, 5) is 0. The van der Waals surface area contributed by atoms with Gasteiger partial charge in [-0.1, -0.05) is 0 Å². The predicted octanol–water partition coefficient (Wildman–Crippen LogP) is 2.33. The van der Waals surface area contributed by atoms with E-state index in [0.29, 0.717) is 16.6 Å². The molecule has 0 aliphatic carbocycles. The van der Waals surface area contributed by atoms with Crippen molar-refractivity contribution in [2.45, 2.75) is 26.0 Å². The zero-order valence-electron chi connectivity index (χ0n) is 9.17. The van der Waals surface area contributed by atoms with E-state index in [0.717, 1.165) is 6.07 Å². The number of aliphatic hydroxyl groups excluding tert-OH is 1. The molecular formula is C11H15BrFNO2. The van der Waals surface area contributed by atoms with Gasteiger partial charge in [0.1, 0.15) is 11.6 Å². The molecule has 0 saturated heterocycles. The largest absolute Gasteiger partial charge is 0.508 e. The molecule has 0 aliphatic rings. The second-order valence-corrected chi connectivity index (χ2v) is 4.66. The maximum Gasteiger partial charge on any atom is 0.141 e. The Bertz CT molecular complexity index is 371. The normalized spacial score (nSPS) is 14.8. The molecule has 0 aliphatic heterocycles. The number of hydrogen-bond acceptors (Lipinski definition) is 3. The van der Waals surface area contributed by atoms with E-state index >= 15 is 0 Å². The number of aliphatic hydroxyl groups is 1. The van der Waals surface area contributed by atoms with Crippen LogP contribution in [0, 0.1) is 5.82 Å². The van der Waals surface area contributed by atoms with Gasteiger partial charge in [0.25, 0.3) is 0 Å². The molecule has 0 fully saturated rings. The Labute approximate surface area is 102 Å². The Hall–Kier alpha value is -0.650. The van der Waals surface area contributed by atoms with Crippen LogP contribution in [-0.4, -0.2) is 22.9 Å². The van der Waals surface area contributed by atoms with Gasteiger partial charge < -0.3 is 15.5 Å². The van der Waals surface area contributed by atoms with Crippen LogP contribution in [-0.2, 0) is 0 Å². The number of nitrogens with one attached hydrogen (secondary N) is 1. The average molecular weight is 292 g/mol. The number of hydrogen-bond donors (Lipinski definition) is 3. The van der Waals surface area contributed by atoms with E-state index in [1.807, 2.05) is 6.92 Å². The van der Waals surface area contributed by atoms with Crippen LogP contribution in [0.25, 0.3) is 0 Å². The lowest BCUT2D eigenvalue weighted by Crippen LogP contribution is -2.27. The van der Waals surface area contributed by atoms with Gasteiger partial charge in [0.05, 0.1) is 10.6 Å². The number of phenolic OH excluding ortho intramolecular Hbond substituents is 1. The Kier molecular flexibility index (Phi) is 4.70. The van der Waals surface area contributed by atoms with E-state index in [9.17, 15) is 9.50 Å². The third-order valence-corrected chi connectivity index (χ3v) is 2.86. The maximum atomic E-state index is 13.1. The van der Waals surface area contributed by atoms with Crippen LogP contribution in [0.5, 0.6) is 5.75 Å². The first-order valence-electron chi connectivity index (χ1n) is 5.01. The third-order valence-electron chi connectivity index (χ3n) is 2.26. The Morgan fingerprint density at radius 2 is 2.06 bits per heavy atom. The highest BCUT2D eigenvalue weighted by Crippen LogP contribution is 2.29. The molecule has 1 aromatic rings. The Balaban J connectivity index is 2.82. The van der Waals surface area contributed by atoms with Crippen molar-refractivity contribution in [1.82, 2.24) is 5.32 Å². The first kappa shape index (κ1) is 13.4. The summed E-state index contributed by atoms with van der Waals surface area (Å²) in [6, 6.07) is 2.44. The fraction of sp³-hybridized carbons (Fsp3) is 0.455. The summed E-state index contributed by atoms with van der Waals surface area (Å²) in [6.07, 6.45) is -0.464. The summed E-state index contributed by atoms with van der Waals surface area (Å²) in [5.41, 5.74) is 0.592. The molecule has 0 amide bonds. The molecule has 0 heterocycles. The van der Waals surface area contributed by atoms with Crippen LogP contribution in [0.2, 0.25) is 0 Å². The van der Waals surface area contributed by atoms with Gasteiger partial charge in [-0.05, 0) is 35.8 Å². The highest BCUT2D eigenvalue weighted by Gasteiger charge is 2.13. The molecule has 0 aromatic heterocycles. The second kappa shape index (κ2) is 5.61.